The number of para-hydroxylation sites is 1. The molecule has 0 spiro atoms. The Morgan fingerprint density at radius 1 is 1.11 bits per heavy atom. The van der Waals surface area contributed by atoms with Crippen molar-refractivity contribution in [2.75, 3.05) is 18.8 Å². The fraction of sp³-hybridized carbons (Fsp3) is 0.654. The second kappa shape index (κ2) is 14.9. The molecule has 0 heterocycles. The third-order valence-corrected chi connectivity index (χ3v) is 5.78. The van der Waals surface area contributed by atoms with Gasteiger partial charge in [0.05, 0.1) is 0 Å². The summed E-state index contributed by atoms with van der Waals surface area (Å²) in [7, 11) is 0. The van der Waals surface area contributed by atoms with E-state index >= 15 is 0 Å². The largest absolute Gasteiger partial charge is 0.507 e. The lowest BCUT2D eigenvalue weighted by Crippen LogP contribution is -2.54. The van der Waals surface area contributed by atoms with Gasteiger partial charge < -0.3 is 25.4 Å². The molecule has 1 rings (SSSR count). The van der Waals surface area contributed by atoms with E-state index in [1.54, 1.807) is 45.9 Å². The number of nitrogens with one attached hydrogen (secondary N) is 2. The average Bonchev–Trinajstić information content (AvgIpc) is 2.78. The van der Waals surface area contributed by atoms with Gasteiger partial charge >= 0.3 is 6.09 Å². The van der Waals surface area contributed by atoms with Crippen molar-refractivity contribution in [3.05, 3.63) is 29.3 Å². The Bertz CT molecular complexity index is 841. The molecule has 0 aliphatic heterocycles. The number of aromatic hydroxyl groups is 1. The molecular formula is C26H43N3O5S. The summed E-state index contributed by atoms with van der Waals surface area (Å²) in [6.07, 6.45) is 3.42. The van der Waals surface area contributed by atoms with Crippen molar-refractivity contribution in [3.8, 4) is 5.75 Å². The van der Waals surface area contributed by atoms with Crippen molar-refractivity contribution >= 4 is 30.5 Å². The summed E-state index contributed by atoms with van der Waals surface area (Å²) >= 11 is 4.29. The van der Waals surface area contributed by atoms with Crippen LogP contribution in [0.3, 0.4) is 0 Å². The van der Waals surface area contributed by atoms with Gasteiger partial charge in [-0.15, -0.1) is 0 Å². The summed E-state index contributed by atoms with van der Waals surface area (Å²) < 4.78 is 5.32. The van der Waals surface area contributed by atoms with Gasteiger partial charge in [0.2, 0.25) is 11.8 Å². The molecule has 2 atom stereocenters. The maximum Gasteiger partial charge on any atom is 0.408 e. The van der Waals surface area contributed by atoms with Crippen LogP contribution in [-0.2, 0) is 14.3 Å². The highest BCUT2D eigenvalue weighted by Gasteiger charge is 2.37. The zero-order valence-electron chi connectivity index (χ0n) is 22.0. The lowest BCUT2D eigenvalue weighted by atomic mass is 9.99. The first kappa shape index (κ1) is 30.6. The molecule has 0 aliphatic rings. The van der Waals surface area contributed by atoms with Gasteiger partial charge in [0.1, 0.15) is 23.4 Å². The number of ether oxygens (including phenoxy) is 1. The highest BCUT2D eigenvalue weighted by atomic mass is 32.1. The van der Waals surface area contributed by atoms with E-state index in [0.29, 0.717) is 24.1 Å². The van der Waals surface area contributed by atoms with Gasteiger partial charge in [0, 0.05) is 24.4 Å². The number of nitrogens with zero attached hydrogens (tertiary/aromatic N) is 1. The normalized spacial score (nSPS) is 13.0. The van der Waals surface area contributed by atoms with Crippen LogP contribution in [0.2, 0.25) is 0 Å². The lowest BCUT2D eigenvalue weighted by molar-refractivity contribution is -0.142. The van der Waals surface area contributed by atoms with Gasteiger partial charge in [-0.25, -0.2) is 4.79 Å². The van der Waals surface area contributed by atoms with Gasteiger partial charge in [-0.3, -0.25) is 9.59 Å². The second-order valence-corrected chi connectivity index (χ2v) is 10.0. The third-order valence-electron chi connectivity index (χ3n) is 5.41. The van der Waals surface area contributed by atoms with E-state index in [0.717, 1.165) is 25.7 Å². The van der Waals surface area contributed by atoms with Crippen molar-refractivity contribution in [2.45, 2.75) is 91.3 Å². The van der Waals surface area contributed by atoms with E-state index < -0.39 is 29.7 Å². The minimum absolute atomic E-state index is 0.0202. The minimum atomic E-state index is -1.06. The Morgan fingerprint density at radius 3 is 2.34 bits per heavy atom. The number of hydrogen-bond acceptors (Lipinski definition) is 6. The van der Waals surface area contributed by atoms with E-state index in [1.807, 2.05) is 13.8 Å². The maximum atomic E-state index is 13.8. The van der Waals surface area contributed by atoms with Crippen LogP contribution in [0.4, 0.5) is 4.79 Å². The van der Waals surface area contributed by atoms with Crippen LogP contribution in [0.15, 0.2) is 18.2 Å². The molecule has 198 valence electrons. The number of aryl methyl sites for hydroxylation is 1. The van der Waals surface area contributed by atoms with Gasteiger partial charge in [0.15, 0.2) is 0 Å². The summed E-state index contributed by atoms with van der Waals surface area (Å²) in [5.41, 5.74) is 0.218. The molecule has 0 aliphatic carbocycles. The monoisotopic (exact) mass is 509 g/mol. The van der Waals surface area contributed by atoms with E-state index in [9.17, 15) is 19.5 Å². The van der Waals surface area contributed by atoms with Crippen molar-refractivity contribution in [3.63, 3.8) is 0 Å². The lowest BCUT2D eigenvalue weighted by Gasteiger charge is -2.34. The van der Waals surface area contributed by atoms with Gasteiger partial charge in [-0.1, -0.05) is 51.3 Å². The first-order chi connectivity index (χ1) is 16.5. The van der Waals surface area contributed by atoms with Crippen LogP contribution in [0.5, 0.6) is 5.75 Å². The average molecular weight is 510 g/mol. The number of carbonyl (C=O) groups is 3. The first-order valence-corrected chi connectivity index (χ1v) is 13.1. The topological polar surface area (TPSA) is 108 Å². The Hall–Kier alpha value is -2.42. The quantitative estimate of drug-likeness (QED) is 0.231. The second-order valence-electron chi connectivity index (χ2n) is 9.68. The zero-order chi connectivity index (χ0) is 26.6. The molecule has 1 aromatic carbocycles. The summed E-state index contributed by atoms with van der Waals surface area (Å²) in [6, 6.07) is 3.09. The molecule has 0 saturated carbocycles. The highest BCUT2D eigenvalue weighted by Crippen LogP contribution is 2.32. The van der Waals surface area contributed by atoms with Gasteiger partial charge in [0.25, 0.3) is 0 Å². The SMILES string of the molecule is CCCCCN(C(=O)C(CS)NC(=O)OC(C)(C)C)C(C(=O)NCCCC)c1cccc(C)c1O. The van der Waals surface area contributed by atoms with Crippen LogP contribution in [0.1, 0.15) is 83.9 Å². The van der Waals surface area contributed by atoms with Gasteiger partial charge in [-0.2, -0.15) is 12.6 Å². The molecule has 2 unspecified atom stereocenters. The van der Waals surface area contributed by atoms with E-state index in [4.69, 9.17) is 4.74 Å². The number of carbonyl (C=O) groups excluding carboxylic acids is 3. The molecule has 3 N–H and O–H groups in total. The number of amides is 3. The first-order valence-electron chi connectivity index (χ1n) is 12.4. The molecule has 9 heteroatoms. The predicted octanol–water partition coefficient (Wildman–Crippen LogP) is 4.50. The predicted molar refractivity (Wildman–Crippen MR) is 142 cm³/mol. The number of benzene rings is 1. The summed E-state index contributed by atoms with van der Waals surface area (Å²) in [5, 5.41) is 16.3. The molecule has 0 bridgehead atoms. The summed E-state index contributed by atoms with van der Waals surface area (Å²) in [5.74, 6) is -0.844. The van der Waals surface area contributed by atoms with Crippen LogP contribution >= 0.6 is 12.6 Å². The van der Waals surface area contributed by atoms with Crippen LogP contribution in [0.25, 0.3) is 0 Å². The fourth-order valence-electron chi connectivity index (χ4n) is 3.57. The Labute approximate surface area is 215 Å². The number of phenolic OH excluding ortho intramolecular Hbond substituents is 1. The molecule has 0 saturated heterocycles. The molecule has 35 heavy (non-hydrogen) atoms. The minimum Gasteiger partial charge on any atom is -0.507 e. The van der Waals surface area contributed by atoms with Crippen molar-refractivity contribution in [1.82, 2.24) is 15.5 Å². The van der Waals surface area contributed by atoms with E-state index in [2.05, 4.69) is 23.3 Å². The zero-order valence-corrected chi connectivity index (χ0v) is 22.9. The number of thiol groups is 1. The third kappa shape index (κ3) is 9.99. The standard InChI is InChI=1S/C26H43N3O5S/c1-7-9-11-16-29(24(32)20(17-35)28-25(33)34-26(4,5)6)21(23(31)27-15-10-8-2)19-14-12-13-18(3)22(19)30/h12-14,20-21,30,35H,7-11,15-17H2,1-6H3,(H,27,31)(H,28,33). The molecule has 8 nitrogen and oxygen atoms in total. The Morgan fingerprint density at radius 2 is 1.77 bits per heavy atom. The molecule has 0 aromatic heterocycles. The number of alkyl carbamates (subject to hydrolysis) is 1. The van der Waals surface area contributed by atoms with Crippen LogP contribution in [0, 0.1) is 6.92 Å². The van der Waals surface area contributed by atoms with Crippen LogP contribution < -0.4 is 10.6 Å². The van der Waals surface area contributed by atoms with E-state index in [1.165, 1.54) is 4.90 Å². The molecule has 3 amide bonds. The number of rotatable bonds is 13. The smallest absolute Gasteiger partial charge is 0.408 e. The number of unbranched alkanes of at least 4 members (excludes halogenated alkanes) is 3. The molecule has 0 radical (unpaired) electrons. The summed E-state index contributed by atoms with van der Waals surface area (Å²) in [4.78, 5) is 41.0. The molecule has 0 fully saturated rings. The van der Waals surface area contributed by atoms with Gasteiger partial charge in [-0.05, 0) is 46.1 Å². The highest BCUT2D eigenvalue weighted by molar-refractivity contribution is 7.80. The fourth-order valence-corrected chi connectivity index (χ4v) is 3.82. The maximum absolute atomic E-state index is 13.8. The van der Waals surface area contributed by atoms with Crippen molar-refractivity contribution < 1.29 is 24.2 Å². The molecule has 1 aromatic rings. The van der Waals surface area contributed by atoms with Crippen molar-refractivity contribution in [1.29, 1.82) is 0 Å². The Balaban J connectivity index is 3.42. The number of phenols is 1. The van der Waals surface area contributed by atoms with Crippen molar-refractivity contribution in [2.24, 2.45) is 0 Å². The summed E-state index contributed by atoms with van der Waals surface area (Å²) in [6.45, 7) is 11.8. The van der Waals surface area contributed by atoms with Crippen LogP contribution in [-0.4, -0.2) is 58.4 Å². The Kier molecular flexibility index (Phi) is 13.0. The molecular weight excluding hydrogens is 466 g/mol. The van der Waals surface area contributed by atoms with E-state index in [-0.39, 0.29) is 24.0 Å². The number of hydrogen-bond donors (Lipinski definition) is 4.